The highest BCUT2D eigenvalue weighted by Gasteiger charge is 2.49. The summed E-state index contributed by atoms with van der Waals surface area (Å²) in [5.41, 5.74) is -0.0332. The number of benzene rings is 1. The van der Waals surface area contributed by atoms with E-state index in [9.17, 15) is 29.7 Å². The predicted octanol–water partition coefficient (Wildman–Crippen LogP) is 3.08. The lowest BCUT2D eigenvalue weighted by atomic mass is 9.90. The van der Waals surface area contributed by atoms with Crippen LogP contribution in [0.5, 0.6) is 0 Å². The minimum Gasteiger partial charge on any atom is -0.388 e. The van der Waals surface area contributed by atoms with E-state index in [2.05, 4.69) is 51.9 Å². The van der Waals surface area contributed by atoms with Gasteiger partial charge in [-0.05, 0) is 96.1 Å². The maximum atomic E-state index is 13.8. The molecule has 14 nitrogen and oxygen atoms in total. The molecule has 0 bridgehead atoms. The molecular formula is C40H60ClN7O7S. The monoisotopic (exact) mass is 817 g/mol. The van der Waals surface area contributed by atoms with Gasteiger partial charge in [0.1, 0.15) is 41.2 Å². The van der Waals surface area contributed by atoms with E-state index in [0.29, 0.717) is 30.5 Å². The summed E-state index contributed by atoms with van der Waals surface area (Å²) in [7, 11) is 1.91. The number of carbonyl (C=O) groups is 1. The fourth-order valence-electron chi connectivity index (χ4n) is 8.14. The van der Waals surface area contributed by atoms with Gasteiger partial charge in [0.15, 0.2) is 0 Å². The molecule has 0 radical (unpaired) electrons. The van der Waals surface area contributed by atoms with Crippen LogP contribution in [-0.2, 0) is 9.53 Å². The van der Waals surface area contributed by atoms with Gasteiger partial charge in [0.25, 0.3) is 10.9 Å². The Morgan fingerprint density at radius 1 is 1.07 bits per heavy atom. The third-order valence-corrected chi connectivity index (χ3v) is 12.4. The summed E-state index contributed by atoms with van der Waals surface area (Å²) in [5.74, 6) is 0.122. The van der Waals surface area contributed by atoms with E-state index >= 15 is 0 Å². The lowest BCUT2D eigenvalue weighted by Crippen LogP contribution is -2.66. The minimum atomic E-state index is -1.53. The van der Waals surface area contributed by atoms with Crippen LogP contribution in [0.3, 0.4) is 0 Å². The number of halogens is 1. The smallest absolute Gasteiger partial charge is 0.253 e. The normalized spacial score (nSPS) is 26.0. The highest BCUT2D eigenvalue weighted by atomic mass is 35.5. The second-order valence-corrected chi connectivity index (χ2v) is 16.8. The molecule has 2 aromatic carbocycles. The number of hydrogen-bond acceptors (Lipinski definition) is 14. The Bertz CT molecular complexity index is 1830. The summed E-state index contributed by atoms with van der Waals surface area (Å²) in [6.07, 6.45) is 2.56. The maximum Gasteiger partial charge on any atom is 0.253 e. The quantitative estimate of drug-likeness (QED) is 0.0825. The van der Waals surface area contributed by atoms with Crippen molar-refractivity contribution in [3.8, 4) is 0 Å². The molecule has 16 heteroatoms. The number of amides is 1. The molecule has 0 spiro atoms. The van der Waals surface area contributed by atoms with Crippen LogP contribution in [-0.4, -0.2) is 136 Å². The molecule has 0 aliphatic carbocycles. The van der Waals surface area contributed by atoms with E-state index in [1.165, 1.54) is 11.8 Å². The van der Waals surface area contributed by atoms with Gasteiger partial charge in [0, 0.05) is 54.0 Å². The van der Waals surface area contributed by atoms with Crippen LogP contribution < -0.4 is 32.1 Å². The molecule has 1 amide bonds. The Morgan fingerprint density at radius 3 is 2.54 bits per heavy atom. The number of nitrogens with one attached hydrogen (secondary N) is 4. The number of pyridine rings is 1. The minimum absolute atomic E-state index is 0.101. The van der Waals surface area contributed by atoms with Crippen molar-refractivity contribution in [2.24, 2.45) is 5.92 Å². The number of aromatic nitrogens is 1. The van der Waals surface area contributed by atoms with Gasteiger partial charge in [0.05, 0.1) is 17.6 Å². The Kier molecular flexibility index (Phi) is 15.8. The number of anilines is 3. The number of hydrogen-bond donors (Lipinski definition) is 7. The highest BCUT2D eigenvalue weighted by Crippen LogP contribution is 2.32. The van der Waals surface area contributed by atoms with Crippen LogP contribution in [0, 0.1) is 5.92 Å². The Hall–Kier alpha value is -3.02. The highest BCUT2D eigenvalue weighted by molar-refractivity contribution is 7.99. The predicted molar refractivity (Wildman–Crippen MR) is 226 cm³/mol. The van der Waals surface area contributed by atoms with Crippen molar-refractivity contribution in [1.29, 1.82) is 0 Å². The number of aliphatic hydroxyl groups excluding tert-OH is 3. The average Bonchev–Trinajstić information content (AvgIpc) is 3.55. The largest absolute Gasteiger partial charge is 0.388 e. The zero-order valence-corrected chi connectivity index (χ0v) is 34.9. The summed E-state index contributed by atoms with van der Waals surface area (Å²) in [5, 5.41) is 47.1. The molecule has 5 rings (SSSR count). The van der Waals surface area contributed by atoms with Gasteiger partial charge in [-0.25, -0.2) is 0 Å². The Morgan fingerprint density at radius 2 is 1.82 bits per heavy atom. The van der Waals surface area contributed by atoms with Crippen LogP contribution in [0.1, 0.15) is 59.8 Å². The number of rotatable bonds is 20. The molecule has 2 aliphatic rings. The molecule has 2 fully saturated rings. The third-order valence-electron chi connectivity index (χ3n) is 11.4. The zero-order chi connectivity index (χ0) is 40.7. The Balaban J connectivity index is 1.19. The standard InChI is InChI=1S/C40H60ClN7O7S/c1-7-10-24-19-29(47(5)21-24)39(54)46-30(38-36(52)35(51)37(53)40(55-38)56-6)23(4)45-32-31(33(49)34(32)50)43-16-18-48(8-2)17-9-11-22(3)44-27-14-15-42-28-20-25(41)12-13-26(27)28/h12-15,20,22-24,29-30,35-38,40,43,45,51-53H,7-11,16-19,21H2,1-6H3,(H,42,44)(H,46,54)/t22?,23-,24-,29?,30-,35+,36-,37-,38?,40-/m1/s1. The van der Waals surface area contributed by atoms with E-state index in [-0.39, 0.29) is 23.3 Å². The molecule has 310 valence electrons. The van der Waals surface area contributed by atoms with Crippen molar-refractivity contribution in [2.45, 2.75) is 114 Å². The molecule has 10 atom stereocenters. The fraction of sp³-hybridized carbons (Fsp3) is 0.650. The molecule has 3 unspecified atom stereocenters. The van der Waals surface area contributed by atoms with Crippen molar-refractivity contribution in [2.75, 3.05) is 62.0 Å². The summed E-state index contributed by atoms with van der Waals surface area (Å²) in [4.78, 5) is 48.3. The fourth-order valence-corrected chi connectivity index (χ4v) is 8.98. The van der Waals surface area contributed by atoms with Gasteiger partial charge in [-0.15, -0.1) is 11.8 Å². The molecule has 1 aromatic heterocycles. The topological polar surface area (TPSA) is 189 Å². The van der Waals surface area contributed by atoms with Crippen LogP contribution in [0.4, 0.5) is 17.1 Å². The van der Waals surface area contributed by atoms with Gasteiger partial charge < -0.3 is 46.2 Å². The van der Waals surface area contributed by atoms with E-state index < -0.39 is 58.8 Å². The molecule has 2 saturated heterocycles. The van der Waals surface area contributed by atoms with Crippen molar-refractivity contribution in [3.63, 3.8) is 0 Å². The molecule has 7 N–H and O–H groups in total. The van der Waals surface area contributed by atoms with Crippen LogP contribution >= 0.6 is 23.4 Å². The lowest BCUT2D eigenvalue weighted by molar-refractivity contribution is -0.206. The van der Waals surface area contributed by atoms with E-state index in [1.807, 2.05) is 36.2 Å². The number of aliphatic hydroxyl groups is 3. The van der Waals surface area contributed by atoms with E-state index in [0.717, 1.165) is 61.9 Å². The van der Waals surface area contributed by atoms with Gasteiger partial charge >= 0.3 is 0 Å². The summed E-state index contributed by atoms with van der Waals surface area (Å²) in [6, 6.07) is 5.82. The second kappa shape index (κ2) is 20.1. The summed E-state index contributed by atoms with van der Waals surface area (Å²) in [6.45, 7) is 11.6. The summed E-state index contributed by atoms with van der Waals surface area (Å²) >= 11 is 7.33. The van der Waals surface area contributed by atoms with E-state index in [4.69, 9.17) is 16.3 Å². The van der Waals surface area contributed by atoms with Crippen molar-refractivity contribution < 1.29 is 24.9 Å². The number of likely N-dealkylation sites (tertiary alicyclic amines) is 1. The molecular weight excluding hydrogens is 758 g/mol. The Labute approximate surface area is 338 Å². The van der Waals surface area contributed by atoms with Crippen molar-refractivity contribution >= 4 is 57.2 Å². The summed E-state index contributed by atoms with van der Waals surface area (Å²) < 4.78 is 6.11. The van der Waals surface area contributed by atoms with E-state index in [1.54, 1.807) is 19.4 Å². The first kappa shape index (κ1) is 44.1. The van der Waals surface area contributed by atoms with Crippen LogP contribution in [0.2, 0.25) is 5.02 Å². The van der Waals surface area contributed by atoms with Crippen molar-refractivity contribution in [3.05, 3.63) is 55.9 Å². The van der Waals surface area contributed by atoms with Gasteiger partial charge in [-0.3, -0.25) is 24.3 Å². The van der Waals surface area contributed by atoms with Crippen molar-refractivity contribution in [1.82, 2.24) is 20.1 Å². The second-order valence-electron chi connectivity index (χ2n) is 15.5. The van der Waals surface area contributed by atoms with Gasteiger partial charge in [0.2, 0.25) is 5.91 Å². The first-order chi connectivity index (χ1) is 26.8. The molecule has 2 aliphatic heterocycles. The third kappa shape index (κ3) is 10.3. The zero-order valence-electron chi connectivity index (χ0n) is 33.3. The average molecular weight is 818 g/mol. The lowest BCUT2D eigenvalue weighted by Gasteiger charge is -2.45. The molecule has 3 heterocycles. The number of nitrogens with zero attached hydrogens (tertiary/aromatic N) is 3. The SMILES string of the molecule is CCC[C@@H]1CC(C(=O)N[C@@H](C2O[C@H](SC)[C@H](O)[C@@H](O)[C@H]2O)[C@@H](C)Nc2c(NCCN(CC)CCCC(C)Nc3ccnc4cc(Cl)ccc34)c(=O)c2=O)N(C)C1. The first-order valence-corrected chi connectivity index (χ1v) is 21.5. The molecule has 56 heavy (non-hydrogen) atoms. The number of thioether (sulfide) groups is 1. The number of carbonyl (C=O) groups excluding carboxylic acids is 1. The van der Waals surface area contributed by atoms with Gasteiger partial charge in [-0.1, -0.05) is 31.9 Å². The number of fused-ring (bicyclic) bond motifs is 1. The first-order valence-electron chi connectivity index (χ1n) is 19.9. The molecule has 3 aromatic rings. The maximum absolute atomic E-state index is 13.8. The number of ether oxygens (including phenoxy) is 1. The number of likely N-dealkylation sites (N-methyl/N-ethyl adjacent to an activating group) is 2. The molecule has 0 saturated carbocycles. The van der Waals surface area contributed by atoms with Gasteiger partial charge in [-0.2, -0.15) is 0 Å². The van der Waals surface area contributed by atoms with Crippen LogP contribution in [0.25, 0.3) is 10.9 Å². The van der Waals surface area contributed by atoms with Crippen LogP contribution in [0.15, 0.2) is 40.1 Å².